The van der Waals surface area contributed by atoms with Crippen molar-refractivity contribution < 1.29 is 18.3 Å². The summed E-state index contributed by atoms with van der Waals surface area (Å²) in [4.78, 5) is 20.3. The highest BCUT2D eigenvalue weighted by molar-refractivity contribution is 7.13. The molecule has 1 aliphatic carbocycles. The standard InChI is InChI=1S/C23H33F2N5O2S/c1-16-11-26-30(12-16)14-21(31)27-18-5-3-17(4-6-18)7-9-29-10-8-20-19(13-29)28-22(33-20)32-15-23(2,24)25/h11-12,17-18H,3-10,13-15H2,1-2H3,(H,27,31). The molecule has 1 N–H and O–H groups in total. The Morgan fingerprint density at radius 2 is 2.12 bits per heavy atom. The molecule has 1 amide bonds. The van der Waals surface area contributed by atoms with Crippen molar-refractivity contribution in [2.24, 2.45) is 5.92 Å². The van der Waals surface area contributed by atoms with E-state index in [0.29, 0.717) is 11.1 Å². The fourth-order valence-electron chi connectivity index (χ4n) is 4.60. The van der Waals surface area contributed by atoms with Gasteiger partial charge in [0.1, 0.15) is 6.54 Å². The molecule has 10 heteroatoms. The number of aryl methyl sites for hydroxylation is 1. The van der Waals surface area contributed by atoms with Crippen LogP contribution in [0.1, 0.15) is 55.2 Å². The second-order valence-electron chi connectivity index (χ2n) is 9.52. The summed E-state index contributed by atoms with van der Waals surface area (Å²) in [7, 11) is 0. The number of aromatic nitrogens is 3. The fraction of sp³-hybridized carbons (Fsp3) is 0.696. The van der Waals surface area contributed by atoms with Crippen molar-refractivity contribution in [1.29, 1.82) is 0 Å². The van der Waals surface area contributed by atoms with Gasteiger partial charge >= 0.3 is 0 Å². The monoisotopic (exact) mass is 481 g/mol. The van der Waals surface area contributed by atoms with Crippen molar-refractivity contribution >= 4 is 17.2 Å². The van der Waals surface area contributed by atoms with Crippen molar-refractivity contribution in [3.63, 3.8) is 0 Å². The van der Waals surface area contributed by atoms with Crippen molar-refractivity contribution in [1.82, 2.24) is 25.0 Å². The van der Waals surface area contributed by atoms with Crippen LogP contribution in [0.25, 0.3) is 0 Å². The van der Waals surface area contributed by atoms with Crippen LogP contribution in [0.5, 0.6) is 5.19 Å². The highest BCUT2D eigenvalue weighted by atomic mass is 32.1. The average Bonchev–Trinajstić information content (AvgIpc) is 3.36. The van der Waals surface area contributed by atoms with Crippen LogP contribution in [0.3, 0.4) is 0 Å². The SMILES string of the molecule is Cc1cnn(CC(=O)NC2CCC(CCN3CCc4sc(OCC(C)(F)F)nc4C3)CC2)c1. The highest BCUT2D eigenvalue weighted by Crippen LogP contribution is 2.32. The second kappa shape index (κ2) is 10.5. The average molecular weight is 482 g/mol. The lowest BCUT2D eigenvalue weighted by Crippen LogP contribution is -2.40. The maximum atomic E-state index is 13.0. The molecule has 0 bridgehead atoms. The molecule has 0 atom stereocenters. The molecule has 7 nitrogen and oxygen atoms in total. The number of nitrogens with one attached hydrogen (secondary N) is 1. The number of nitrogens with zero attached hydrogens (tertiary/aromatic N) is 4. The largest absolute Gasteiger partial charge is 0.464 e. The van der Waals surface area contributed by atoms with Crippen LogP contribution in [0.2, 0.25) is 0 Å². The number of halogens is 2. The second-order valence-corrected chi connectivity index (χ2v) is 10.6. The summed E-state index contributed by atoms with van der Waals surface area (Å²) in [5.74, 6) is -2.15. The molecule has 3 heterocycles. The van der Waals surface area contributed by atoms with E-state index in [9.17, 15) is 13.6 Å². The van der Waals surface area contributed by atoms with Crippen LogP contribution in [0.4, 0.5) is 8.78 Å². The van der Waals surface area contributed by atoms with Gasteiger partial charge in [0.05, 0.1) is 11.9 Å². The van der Waals surface area contributed by atoms with E-state index in [1.165, 1.54) is 11.3 Å². The van der Waals surface area contributed by atoms with E-state index in [2.05, 4.69) is 20.3 Å². The first kappa shape index (κ1) is 24.1. The molecular formula is C23H33F2N5O2S. The Hall–Kier alpha value is -2.07. The van der Waals surface area contributed by atoms with E-state index in [0.717, 1.165) is 81.2 Å². The van der Waals surface area contributed by atoms with Gasteiger partial charge in [-0.15, -0.1) is 0 Å². The predicted molar refractivity (Wildman–Crippen MR) is 123 cm³/mol. The zero-order valence-corrected chi connectivity index (χ0v) is 20.2. The van der Waals surface area contributed by atoms with E-state index < -0.39 is 12.5 Å². The zero-order chi connectivity index (χ0) is 23.4. The normalized spacial score (nSPS) is 21.6. The Labute approximate surface area is 197 Å². The number of fused-ring (bicyclic) bond motifs is 1. The van der Waals surface area contributed by atoms with Gasteiger partial charge in [0, 0.05) is 37.1 Å². The first-order valence-electron chi connectivity index (χ1n) is 11.7. The molecule has 0 unspecified atom stereocenters. The molecule has 2 aromatic heterocycles. The Morgan fingerprint density at radius 3 is 2.82 bits per heavy atom. The molecule has 33 heavy (non-hydrogen) atoms. The molecule has 0 spiro atoms. The number of rotatable bonds is 9. The minimum Gasteiger partial charge on any atom is -0.464 e. The molecule has 0 saturated heterocycles. The lowest BCUT2D eigenvalue weighted by Gasteiger charge is -2.32. The zero-order valence-electron chi connectivity index (χ0n) is 19.4. The van der Waals surface area contributed by atoms with Gasteiger partial charge in [0.2, 0.25) is 5.91 Å². The Morgan fingerprint density at radius 1 is 1.33 bits per heavy atom. The van der Waals surface area contributed by atoms with Gasteiger partial charge in [-0.3, -0.25) is 14.4 Å². The molecule has 2 aromatic rings. The summed E-state index contributed by atoms with van der Waals surface area (Å²) < 4.78 is 32.9. The summed E-state index contributed by atoms with van der Waals surface area (Å²) in [6.45, 7) is 5.20. The number of amides is 1. The number of carbonyl (C=O) groups is 1. The van der Waals surface area contributed by atoms with Gasteiger partial charge in [-0.25, -0.2) is 13.8 Å². The van der Waals surface area contributed by atoms with Crippen LogP contribution >= 0.6 is 11.3 Å². The van der Waals surface area contributed by atoms with Crippen molar-refractivity contribution in [2.75, 3.05) is 19.7 Å². The van der Waals surface area contributed by atoms with Gasteiger partial charge in [-0.2, -0.15) is 5.10 Å². The van der Waals surface area contributed by atoms with Gasteiger partial charge < -0.3 is 10.1 Å². The number of hydrogen-bond donors (Lipinski definition) is 1. The van der Waals surface area contributed by atoms with E-state index in [-0.39, 0.29) is 18.5 Å². The summed E-state index contributed by atoms with van der Waals surface area (Å²) in [5.41, 5.74) is 2.03. The third kappa shape index (κ3) is 7.20. The Kier molecular flexibility index (Phi) is 7.63. The molecule has 1 aliphatic heterocycles. The van der Waals surface area contributed by atoms with E-state index in [4.69, 9.17) is 4.74 Å². The van der Waals surface area contributed by atoms with Gasteiger partial charge in [0.15, 0.2) is 6.61 Å². The van der Waals surface area contributed by atoms with Gasteiger partial charge in [-0.1, -0.05) is 11.3 Å². The molecule has 0 radical (unpaired) electrons. The smallest absolute Gasteiger partial charge is 0.278 e. The maximum Gasteiger partial charge on any atom is 0.278 e. The summed E-state index contributed by atoms with van der Waals surface area (Å²) >= 11 is 1.40. The quantitative estimate of drug-likeness (QED) is 0.590. The summed E-state index contributed by atoms with van der Waals surface area (Å²) in [6.07, 6.45) is 9.97. The lowest BCUT2D eigenvalue weighted by molar-refractivity contribution is -0.122. The molecular weight excluding hydrogens is 448 g/mol. The van der Waals surface area contributed by atoms with Crippen LogP contribution < -0.4 is 10.1 Å². The Bertz CT molecular complexity index is 934. The highest BCUT2D eigenvalue weighted by Gasteiger charge is 2.27. The third-order valence-corrected chi connectivity index (χ3v) is 7.44. The number of alkyl halides is 2. The maximum absolute atomic E-state index is 13.0. The van der Waals surface area contributed by atoms with E-state index >= 15 is 0 Å². The third-order valence-electron chi connectivity index (χ3n) is 6.37. The number of carbonyl (C=O) groups excluding carboxylic acids is 1. The number of hydrogen-bond acceptors (Lipinski definition) is 6. The minimum atomic E-state index is -2.85. The first-order valence-corrected chi connectivity index (χ1v) is 12.5. The van der Waals surface area contributed by atoms with Crippen LogP contribution in [0.15, 0.2) is 12.4 Å². The summed E-state index contributed by atoms with van der Waals surface area (Å²) in [5, 5.41) is 7.69. The van der Waals surface area contributed by atoms with E-state index in [1.807, 2.05) is 13.1 Å². The Balaban J connectivity index is 1.15. The van der Waals surface area contributed by atoms with Crippen LogP contribution in [-0.4, -0.2) is 57.2 Å². The van der Waals surface area contributed by atoms with Crippen molar-refractivity contribution in [2.45, 2.75) is 77.4 Å². The predicted octanol–water partition coefficient (Wildman–Crippen LogP) is 3.81. The van der Waals surface area contributed by atoms with Crippen molar-refractivity contribution in [3.05, 3.63) is 28.5 Å². The van der Waals surface area contributed by atoms with Crippen LogP contribution in [0, 0.1) is 12.8 Å². The van der Waals surface area contributed by atoms with Gasteiger partial charge in [0.25, 0.3) is 11.1 Å². The molecule has 1 saturated carbocycles. The number of ether oxygens (including phenoxy) is 1. The molecule has 4 rings (SSSR count). The minimum absolute atomic E-state index is 0.0277. The van der Waals surface area contributed by atoms with Gasteiger partial charge in [-0.05, 0) is 63.5 Å². The summed E-state index contributed by atoms with van der Waals surface area (Å²) in [6, 6.07) is 0.256. The molecule has 182 valence electrons. The molecule has 1 fully saturated rings. The first-order chi connectivity index (χ1) is 15.7. The molecule has 0 aromatic carbocycles. The van der Waals surface area contributed by atoms with E-state index in [1.54, 1.807) is 10.9 Å². The lowest BCUT2D eigenvalue weighted by atomic mass is 9.84. The fourth-order valence-corrected chi connectivity index (χ4v) is 5.51. The van der Waals surface area contributed by atoms with Crippen LogP contribution in [-0.2, 0) is 24.3 Å². The number of thiazole rings is 1. The molecule has 2 aliphatic rings. The topological polar surface area (TPSA) is 72.3 Å². The van der Waals surface area contributed by atoms with Crippen molar-refractivity contribution in [3.8, 4) is 5.19 Å².